The lowest BCUT2D eigenvalue weighted by atomic mass is 10.3. The summed E-state index contributed by atoms with van der Waals surface area (Å²) >= 11 is 0. The Kier molecular flexibility index (Phi) is 6.58. The van der Waals surface area contributed by atoms with Crippen molar-refractivity contribution in [3.63, 3.8) is 0 Å². The topological polar surface area (TPSA) is 93.7 Å². The van der Waals surface area contributed by atoms with E-state index in [1.807, 2.05) is 18.2 Å². The first-order chi connectivity index (χ1) is 14.4. The lowest BCUT2D eigenvalue weighted by Crippen LogP contribution is -2.30. The van der Waals surface area contributed by atoms with E-state index in [4.69, 9.17) is 9.47 Å². The minimum absolute atomic E-state index is 0.0740. The highest BCUT2D eigenvalue weighted by molar-refractivity contribution is 7.92. The highest BCUT2D eigenvalue weighted by Crippen LogP contribution is 2.21. The largest absolute Gasteiger partial charge is 0.497 e. The van der Waals surface area contributed by atoms with Gasteiger partial charge in [-0.05, 0) is 67.6 Å². The molecule has 0 aliphatic rings. The van der Waals surface area contributed by atoms with Gasteiger partial charge in [0.05, 0.1) is 12.0 Å². The Morgan fingerprint density at radius 1 is 0.833 bits per heavy atom. The zero-order valence-electron chi connectivity index (χ0n) is 16.5. The lowest BCUT2D eigenvalue weighted by Gasteiger charge is -2.15. The number of ether oxygens (including phenoxy) is 2. The van der Waals surface area contributed by atoms with Gasteiger partial charge < -0.3 is 14.8 Å². The average molecular weight is 426 g/mol. The highest BCUT2D eigenvalue weighted by atomic mass is 32.2. The number of carbonyl (C=O) groups is 1. The van der Waals surface area contributed by atoms with Crippen LogP contribution in [0.5, 0.6) is 11.5 Å². The maximum absolute atomic E-state index is 12.6. The quantitative estimate of drug-likeness (QED) is 0.570. The van der Waals surface area contributed by atoms with E-state index in [1.54, 1.807) is 43.3 Å². The fourth-order valence-corrected chi connectivity index (χ4v) is 3.65. The Labute approximate surface area is 175 Å². The summed E-state index contributed by atoms with van der Waals surface area (Å²) in [6.45, 7) is 1.64. The number of nitrogens with one attached hydrogen (secondary N) is 2. The van der Waals surface area contributed by atoms with E-state index in [9.17, 15) is 13.2 Å². The van der Waals surface area contributed by atoms with Crippen molar-refractivity contribution in [2.75, 3.05) is 17.1 Å². The summed E-state index contributed by atoms with van der Waals surface area (Å²) in [5, 5.41) is 2.71. The first kappa shape index (κ1) is 21.2. The molecular formula is C22H22N2O5S. The van der Waals surface area contributed by atoms with Crippen LogP contribution in [0, 0.1) is 0 Å². The molecule has 0 saturated carbocycles. The fourth-order valence-electron chi connectivity index (χ4n) is 2.59. The molecule has 7 nitrogen and oxygen atoms in total. The molecule has 3 rings (SSSR count). The smallest absolute Gasteiger partial charge is 0.265 e. The van der Waals surface area contributed by atoms with Gasteiger partial charge in [0.15, 0.2) is 6.10 Å². The van der Waals surface area contributed by atoms with Gasteiger partial charge in [0, 0.05) is 11.4 Å². The zero-order chi connectivity index (χ0) is 21.6. The van der Waals surface area contributed by atoms with E-state index in [0.29, 0.717) is 22.9 Å². The van der Waals surface area contributed by atoms with Crippen molar-refractivity contribution in [3.8, 4) is 11.5 Å². The number of benzene rings is 3. The Bertz CT molecular complexity index is 1080. The third kappa shape index (κ3) is 5.51. The van der Waals surface area contributed by atoms with E-state index in [1.165, 1.54) is 31.4 Å². The molecule has 2 N–H and O–H groups in total. The Morgan fingerprint density at radius 3 is 2.03 bits per heavy atom. The summed E-state index contributed by atoms with van der Waals surface area (Å²) in [5.41, 5.74) is 0.881. The summed E-state index contributed by atoms with van der Waals surface area (Å²) in [6.07, 6.45) is -0.715. The number of hydrogen-bond acceptors (Lipinski definition) is 5. The molecule has 3 aromatic carbocycles. The normalized spacial score (nSPS) is 11.9. The average Bonchev–Trinajstić information content (AvgIpc) is 2.75. The number of anilines is 2. The summed E-state index contributed by atoms with van der Waals surface area (Å²) in [4.78, 5) is 12.4. The lowest BCUT2D eigenvalue weighted by molar-refractivity contribution is -0.122. The molecule has 156 valence electrons. The van der Waals surface area contributed by atoms with Crippen molar-refractivity contribution in [1.29, 1.82) is 0 Å². The molecule has 0 aliphatic carbocycles. The van der Waals surface area contributed by atoms with Crippen molar-refractivity contribution in [3.05, 3.63) is 78.9 Å². The Morgan fingerprint density at radius 2 is 1.43 bits per heavy atom. The van der Waals surface area contributed by atoms with Gasteiger partial charge in [0.1, 0.15) is 11.5 Å². The second-order valence-corrected chi connectivity index (χ2v) is 8.10. The fraction of sp³-hybridized carbons (Fsp3) is 0.136. The van der Waals surface area contributed by atoms with Gasteiger partial charge in [-0.2, -0.15) is 0 Å². The molecule has 0 heterocycles. The van der Waals surface area contributed by atoms with E-state index in [2.05, 4.69) is 10.0 Å². The molecule has 0 spiro atoms. The second-order valence-electron chi connectivity index (χ2n) is 6.42. The second kappa shape index (κ2) is 9.32. The summed E-state index contributed by atoms with van der Waals surface area (Å²) < 4.78 is 38.2. The predicted molar refractivity (Wildman–Crippen MR) is 115 cm³/mol. The van der Waals surface area contributed by atoms with E-state index in [-0.39, 0.29) is 10.8 Å². The molecule has 1 atom stereocenters. The van der Waals surface area contributed by atoms with Gasteiger partial charge in [-0.1, -0.05) is 18.2 Å². The van der Waals surface area contributed by atoms with Crippen molar-refractivity contribution >= 4 is 27.3 Å². The molecule has 0 saturated heterocycles. The van der Waals surface area contributed by atoms with Crippen molar-refractivity contribution < 1.29 is 22.7 Å². The van der Waals surface area contributed by atoms with Gasteiger partial charge in [0.2, 0.25) is 0 Å². The van der Waals surface area contributed by atoms with E-state index < -0.39 is 16.1 Å². The number of hydrogen-bond donors (Lipinski definition) is 2. The van der Waals surface area contributed by atoms with Crippen LogP contribution in [0.2, 0.25) is 0 Å². The van der Waals surface area contributed by atoms with E-state index >= 15 is 0 Å². The number of para-hydroxylation sites is 1. The number of sulfonamides is 1. The zero-order valence-corrected chi connectivity index (χ0v) is 17.3. The Hall–Kier alpha value is -3.52. The summed E-state index contributed by atoms with van der Waals surface area (Å²) in [6, 6.07) is 21.5. The minimum Gasteiger partial charge on any atom is -0.497 e. The van der Waals surface area contributed by atoms with Crippen molar-refractivity contribution in [1.82, 2.24) is 0 Å². The van der Waals surface area contributed by atoms with Gasteiger partial charge >= 0.3 is 0 Å². The molecule has 1 amide bonds. The standard InChI is InChI=1S/C22H22N2O5S/c1-16(29-20-6-4-3-5-7-20)22(25)23-17-10-14-21(15-11-17)30(26,27)24-18-8-12-19(28-2)13-9-18/h3-16,24H,1-2H3,(H,23,25)/t16-/m0/s1. The van der Waals surface area contributed by atoms with Gasteiger partial charge in [-0.3, -0.25) is 9.52 Å². The molecular weight excluding hydrogens is 404 g/mol. The van der Waals surface area contributed by atoms with Crippen LogP contribution in [-0.2, 0) is 14.8 Å². The number of carbonyl (C=O) groups excluding carboxylic acids is 1. The molecule has 0 radical (unpaired) electrons. The molecule has 8 heteroatoms. The first-order valence-corrected chi connectivity index (χ1v) is 10.7. The van der Waals surface area contributed by atoms with Crippen LogP contribution >= 0.6 is 0 Å². The van der Waals surface area contributed by atoms with Gasteiger partial charge in [-0.25, -0.2) is 8.42 Å². The molecule has 0 fully saturated rings. The van der Waals surface area contributed by atoms with Crippen LogP contribution < -0.4 is 19.5 Å². The van der Waals surface area contributed by atoms with Crippen LogP contribution in [0.25, 0.3) is 0 Å². The number of methoxy groups -OCH3 is 1. The monoisotopic (exact) mass is 426 g/mol. The maximum atomic E-state index is 12.6. The molecule has 30 heavy (non-hydrogen) atoms. The third-order valence-corrected chi connectivity index (χ3v) is 5.60. The number of amides is 1. The molecule has 0 aromatic heterocycles. The van der Waals surface area contributed by atoms with E-state index in [0.717, 1.165) is 0 Å². The van der Waals surface area contributed by atoms with Gasteiger partial charge in [0.25, 0.3) is 15.9 Å². The molecule has 3 aromatic rings. The van der Waals surface area contributed by atoms with Crippen molar-refractivity contribution in [2.24, 2.45) is 0 Å². The maximum Gasteiger partial charge on any atom is 0.265 e. The summed E-state index contributed by atoms with van der Waals surface area (Å²) in [7, 11) is -2.23. The highest BCUT2D eigenvalue weighted by Gasteiger charge is 2.17. The predicted octanol–water partition coefficient (Wildman–Crippen LogP) is 3.90. The summed E-state index contributed by atoms with van der Waals surface area (Å²) in [5.74, 6) is 0.875. The number of rotatable bonds is 8. The third-order valence-electron chi connectivity index (χ3n) is 4.20. The molecule has 0 aliphatic heterocycles. The minimum atomic E-state index is -3.76. The van der Waals surface area contributed by atoms with Crippen LogP contribution in [0.15, 0.2) is 83.8 Å². The van der Waals surface area contributed by atoms with Crippen LogP contribution in [0.4, 0.5) is 11.4 Å². The van der Waals surface area contributed by atoms with Crippen molar-refractivity contribution in [2.45, 2.75) is 17.9 Å². The van der Waals surface area contributed by atoms with Crippen LogP contribution in [0.3, 0.4) is 0 Å². The molecule has 0 unspecified atom stereocenters. The SMILES string of the molecule is COc1ccc(NS(=O)(=O)c2ccc(NC(=O)[C@H](C)Oc3ccccc3)cc2)cc1. The molecule has 0 bridgehead atoms. The van der Waals surface area contributed by atoms with Crippen LogP contribution in [-0.4, -0.2) is 27.5 Å². The van der Waals surface area contributed by atoms with Crippen LogP contribution in [0.1, 0.15) is 6.92 Å². The Balaban J connectivity index is 1.62. The van der Waals surface area contributed by atoms with Gasteiger partial charge in [-0.15, -0.1) is 0 Å². The first-order valence-electron chi connectivity index (χ1n) is 9.17.